The zero-order valence-corrected chi connectivity index (χ0v) is 16.2. The number of hydrogen-bond donors (Lipinski definition) is 2. The number of β-amino-alcohol motifs (C(OH)–C–C–N with tert-alkyl or cyclic N) is 1. The van der Waals surface area contributed by atoms with Crippen LogP contribution in [0.1, 0.15) is 51.4 Å². The summed E-state index contributed by atoms with van der Waals surface area (Å²) in [5.74, 6) is -0.0260. The molecule has 2 amide bonds. The number of nitriles is 1. The van der Waals surface area contributed by atoms with E-state index in [9.17, 15) is 19.1 Å². The molecule has 0 radical (unpaired) electrons. The van der Waals surface area contributed by atoms with Crippen LogP contribution >= 0.6 is 0 Å². The number of halogens is 1. The Kier molecular flexibility index (Phi) is 5.09. The first-order chi connectivity index (χ1) is 13.4. The van der Waals surface area contributed by atoms with Gasteiger partial charge in [-0.3, -0.25) is 9.59 Å². The summed E-state index contributed by atoms with van der Waals surface area (Å²) in [5.41, 5.74) is -0.445. The molecule has 2 aliphatic heterocycles. The number of nitrogens with zero attached hydrogens (tertiary/aromatic N) is 3. The SMILES string of the molecule is N#C[C@@H]1C[C@H](F)CN1C(=O)CNC12CCC(C(=O)N3CC[C@@H](O)C3)(CC1)CC2. The molecule has 7 nitrogen and oxygen atoms in total. The zero-order chi connectivity index (χ0) is 19.9. The van der Waals surface area contributed by atoms with Crippen molar-refractivity contribution in [3.63, 3.8) is 0 Å². The average molecular weight is 392 g/mol. The molecule has 0 aromatic heterocycles. The van der Waals surface area contributed by atoms with Gasteiger partial charge in [-0.05, 0) is 44.9 Å². The summed E-state index contributed by atoms with van der Waals surface area (Å²) in [6.07, 6.45) is 4.18. The second kappa shape index (κ2) is 7.27. The van der Waals surface area contributed by atoms with Crippen LogP contribution in [0.4, 0.5) is 4.39 Å². The summed E-state index contributed by atoms with van der Waals surface area (Å²) >= 11 is 0. The molecule has 0 unspecified atom stereocenters. The lowest BCUT2D eigenvalue weighted by atomic mass is 9.56. The van der Waals surface area contributed by atoms with Gasteiger partial charge in [0.1, 0.15) is 12.2 Å². The molecule has 154 valence electrons. The zero-order valence-electron chi connectivity index (χ0n) is 16.2. The molecule has 3 atom stereocenters. The second-order valence-electron chi connectivity index (χ2n) is 9.13. The highest BCUT2D eigenvalue weighted by Crippen LogP contribution is 2.53. The van der Waals surface area contributed by atoms with E-state index in [2.05, 4.69) is 5.32 Å². The van der Waals surface area contributed by atoms with Gasteiger partial charge in [-0.1, -0.05) is 0 Å². The van der Waals surface area contributed by atoms with Crippen LogP contribution in [0.2, 0.25) is 0 Å². The van der Waals surface area contributed by atoms with Gasteiger partial charge in [0.2, 0.25) is 11.8 Å². The number of fused-ring (bicyclic) bond motifs is 3. The molecule has 28 heavy (non-hydrogen) atoms. The van der Waals surface area contributed by atoms with Crippen molar-refractivity contribution in [1.82, 2.24) is 15.1 Å². The summed E-state index contributed by atoms with van der Waals surface area (Å²) < 4.78 is 13.6. The van der Waals surface area contributed by atoms with Crippen molar-refractivity contribution in [2.75, 3.05) is 26.2 Å². The van der Waals surface area contributed by atoms with E-state index in [4.69, 9.17) is 5.26 Å². The summed E-state index contributed by atoms with van der Waals surface area (Å²) in [7, 11) is 0. The second-order valence-corrected chi connectivity index (χ2v) is 9.13. The molecule has 2 heterocycles. The summed E-state index contributed by atoms with van der Waals surface area (Å²) in [5, 5.41) is 22.3. The quantitative estimate of drug-likeness (QED) is 0.735. The molecule has 0 aromatic rings. The molecular formula is C20H29FN4O3. The molecule has 2 saturated heterocycles. The van der Waals surface area contributed by atoms with Crippen molar-refractivity contribution in [2.24, 2.45) is 5.41 Å². The maximum Gasteiger partial charge on any atom is 0.237 e. The van der Waals surface area contributed by atoms with Crippen molar-refractivity contribution in [3.8, 4) is 6.07 Å². The molecule has 3 aliphatic carbocycles. The highest BCUT2D eigenvalue weighted by Gasteiger charge is 2.54. The lowest BCUT2D eigenvalue weighted by Gasteiger charge is -2.53. The Hall–Kier alpha value is -1.72. The Morgan fingerprint density at radius 1 is 1.18 bits per heavy atom. The minimum absolute atomic E-state index is 0.00500. The van der Waals surface area contributed by atoms with Crippen molar-refractivity contribution in [2.45, 2.75) is 75.2 Å². The minimum Gasteiger partial charge on any atom is -0.391 e. The maximum absolute atomic E-state index is 13.6. The standard InChI is InChI=1S/C20H29FN4O3/c21-14-9-15(10-22)25(12-14)17(27)11-23-20-5-2-19(3-6-20,4-7-20)18(28)24-8-1-16(26)13-24/h14-16,23,26H,1-9,11-13H2/t14-,15-,16+,19?,20?/m0/s1. The van der Waals surface area contributed by atoms with Crippen LogP contribution in [-0.2, 0) is 9.59 Å². The number of aliphatic hydroxyl groups excluding tert-OH is 1. The van der Waals surface area contributed by atoms with Gasteiger partial charge in [-0.25, -0.2) is 4.39 Å². The summed E-state index contributed by atoms with van der Waals surface area (Å²) in [4.78, 5) is 28.7. The Balaban J connectivity index is 1.32. The van der Waals surface area contributed by atoms with E-state index in [-0.39, 0.29) is 42.3 Å². The fraction of sp³-hybridized carbons (Fsp3) is 0.850. The van der Waals surface area contributed by atoms with Crippen molar-refractivity contribution in [1.29, 1.82) is 5.26 Å². The number of aliphatic hydroxyl groups is 1. The van der Waals surface area contributed by atoms with Crippen LogP contribution in [0.3, 0.4) is 0 Å². The van der Waals surface area contributed by atoms with E-state index >= 15 is 0 Å². The van der Waals surface area contributed by atoms with Gasteiger partial charge in [0.15, 0.2) is 0 Å². The van der Waals surface area contributed by atoms with Gasteiger partial charge >= 0.3 is 0 Å². The molecule has 5 aliphatic rings. The van der Waals surface area contributed by atoms with Gasteiger partial charge in [0, 0.05) is 30.5 Å². The first-order valence-electron chi connectivity index (χ1n) is 10.4. The number of alkyl halides is 1. The molecule has 3 saturated carbocycles. The number of hydrogen-bond acceptors (Lipinski definition) is 5. The Morgan fingerprint density at radius 3 is 2.43 bits per heavy atom. The fourth-order valence-electron chi connectivity index (χ4n) is 5.58. The van der Waals surface area contributed by atoms with Crippen molar-refractivity contribution < 1.29 is 19.1 Å². The molecule has 5 rings (SSSR count). The monoisotopic (exact) mass is 392 g/mol. The largest absolute Gasteiger partial charge is 0.391 e. The van der Waals surface area contributed by atoms with Gasteiger partial charge in [-0.15, -0.1) is 0 Å². The maximum atomic E-state index is 13.6. The van der Waals surface area contributed by atoms with E-state index in [1.54, 1.807) is 0 Å². The third-order valence-electron chi connectivity index (χ3n) is 7.48. The Morgan fingerprint density at radius 2 is 1.86 bits per heavy atom. The van der Waals surface area contributed by atoms with E-state index in [0.29, 0.717) is 19.5 Å². The van der Waals surface area contributed by atoms with Gasteiger partial charge < -0.3 is 20.2 Å². The van der Waals surface area contributed by atoms with Crippen LogP contribution in [-0.4, -0.2) is 76.8 Å². The normalized spacial score (nSPS) is 40.0. The number of nitrogens with one attached hydrogen (secondary N) is 1. The lowest BCUT2D eigenvalue weighted by molar-refractivity contribution is -0.149. The van der Waals surface area contributed by atoms with E-state index in [1.807, 2.05) is 11.0 Å². The van der Waals surface area contributed by atoms with Crippen LogP contribution in [0.5, 0.6) is 0 Å². The lowest BCUT2D eigenvalue weighted by Crippen LogP contribution is -2.60. The first-order valence-corrected chi connectivity index (χ1v) is 10.4. The van der Waals surface area contributed by atoms with E-state index < -0.39 is 18.3 Å². The third kappa shape index (κ3) is 3.39. The van der Waals surface area contributed by atoms with Crippen LogP contribution in [0, 0.1) is 16.7 Å². The molecule has 0 spiro atoms. The Bertz CT molecular complexity index is 669. The topological polar surface area (TPSA) is 96.7 Å². The number of carbonyl (C=O) groups is 2. The number of amides is 2. The van der Waals surface area contributed by atoms with E-state index in [0.717, 1.165) is 38.5 Å². The Labute approximate surface area is 164 Å². The molecular weight excluding hydrogens is 363 g/mol. The molecule has 5 fully saturated rings. The van der Waals surface area contributed by atoms with Crippen LogP contribution < -0.4 is 5.32 Å². The first kappa shape index (κ1) is 19.6. The number of likely N-dealkylation sites (tertiary alicyclic amines) is 2. The average Bonchev–Trinajstić information content (AvgIpc) is 3.32. The van der Waals surface area contributed by atoms with Gasteiger partial charge in [0.25, 0.3) is 0 Å². The van der Waals surface area contributed by atoms with Gasteiger partial charge in [-0.2, -0.15) is 5.26 Å². The van der Waals surface area contributed by atoms with Crippen molar-refractivity contribution in [3.05, 3.63) is 0 Å². The minimum atomic E-state index is -1.12. The molecule has 8 heteroatoms. The fourth-order valence-corrected chi connectivity index (χ4v) is 5.58. The van der Waals surface area contributed by atoms with E-state index in [1.165, 1.54) is 4.90 Å². The molecule has 0 aromatic carbocycles. The highest BCUT2D eigenvalue weighted by atomic mass is 19.1. The number of rotatable bonds is 4. The third-order valence-corrected chi connectivity index (χ3v) is 7.48. The van der Waals surface area contributed by atoms with Crippen molar-refractivity contribution >= 4 is 11.8 Å². The smallest absolute Gasteiger partial charge is 0.237 e. The van der Waals surface area contributed by atoms with Crippen LogP contribution in [0.15, 0.2) is 0 Å². The molecule has 2 bridgehead atoms. The predicted octanol–water partition coefficient (Wildman–Crippen LogP) is 0.725. The highest BCUT2D eigenvalue weighted by molar-refractivity contribution is 5.83. The van der Waals surface area contributed by atoms with Crippen LogP contribution in [0.25, 0.3) is 0 Å². The molecule has 2 N–H and O–H groups in total. The summed E-state index contributed by atoms with van der Waals surface area (Å²) in [6, 6.07) is 1.35. The van der Waals surface area contributed by atoms with Gasteiger partial charge in [0.05, 0.1) is 25.3 Å². The predicted molar refractivity (Wildman–Crippen MR) is 98.7 cm³/mol. The number of carbonyl (C=O) groups excluding carboxylic acids is 2. The summed E-state index contributed by atoms with van der Waals surface area (Å²) in [6.45, 7) is 1.21.